The van der Waals surface area contributed by atoms with Crippen LogP contribution in [0.5, 0.6) is 0 Å². The van der Waals surface area contributed by atoms with Gasteiger partial charge in [0.1, 0.15) is 0 Å². The quantitative estimate of drug-likeness (QED) is 0.603. The zero-order valence-electron chi connectivity index (χ0n) is 12.0. The van der Waals surface area contributed by atoms with E-state index >= 15 is 0 Å². The van der Waals surface area contributed by atoms with Gasteiger partial charge in [-0.1, -0.05) is 33.4 Å². The van der Waals surface area contributed by atoms with Crippen LogP contribution in [0.25, 0.3) is 0 Å². The molecule has 3 nitrogen and oxygen atoms in total. The van der Waals surface area contributed by atoms with Crippen LogP contribution in [0.3, 0.4) is 0 Å². The van der Waals surface area contributed by atoms with Gasteiger partial charge in [0.15, 0.2) is 0 Å². The molecule has 0 heterocycles. The first kappa shape index (κ1) is 15.8. The number of nitrogens with zero attached hydrogens (tertiary/aromatic N) is 3. The highest BCUT2D eigenvalue weighted by molar-refractivity contribution is 6.76. The molecule has 0 unspecified atom stereocenters. The molecule has 96 valence electrons. The first-order chi connectivity index (χ1) is 7.54. The summed E-state index contributed by atoms with van der Waals surface area (Å²) in [5.41, 5.74) is 2.20. The Morgan fingerprint density at radius 2 is 1.19 bits per heavy atom. The summed E-state index contributed by atoms with van der Waals surface area (Å²) >= 11 is 0. The minimum atomic E-state index is -1.84. The molecule has 0 aliphatic carbocycles. The van der Waals surface area contributed by atoms with Gasteiger partial charge in [0.25, 0.3) is 0 Å². The second-order valence-corrected chi connectivity index (χ2v) is 8.07. The predicted octanol–water partition coefficient (Wildman–Crippen LogP) is 1.90. The van der Waals surface area contributed by atoms with E-state index in [1.54, 1.807) is 0 Å². The fourth-order valence-corrected chi connectivity index (χ4v) is 6.86. The zero-order valence-corrected chi connectivity index (χ0v) is 13.0. The van der Waals surface area contributed by atoms with E-state index in [9.17, 15) is 0 Å². The third-order valence-corrected chi connectivity index (χ3v) is 8.38. The van der Waals surface area contributed by atoms with Crippen molar-refractivity contribution in [3.05, 3.63) is 12.3 Å². The molecule has 0 radical (unpaired) electrons. The van der Waals surface area contributed by atoms with E-state index in [4.69, 9.17) is 0 Å². The fraction of sp³-hybridized carbons (Fsp3) is 0.833. The van der Waals surface area contributed by atoms with E-state index < -0.39 is 8.56 Å². The molecule has 0 aromatic carbocycles. The smallest absolute Gasteiger partial charge is 0.302 e. The van der Waals surface area contributed by atoms with Crippen molar-refractivity contribution in [2.75, 3.05) is 40.3 Å². The van der Waals surface area contributed by atoms with Crippen molar-refractivity contribution in [1.29, 1.82) is 0 Å². The highest BCUT2D eigenvalue weighted by atomic mass is 28.4. The van der Waals surface area contributed by atoms with Gasteiger partial charge in [0, 0.05) is 0 Å². The van der Waals surface area contributed by atoms with E-state index in [1.165, 1.54) is 0 Å². The fourth-order valence-electron chi connectivity index (χ4n) is 2.58. The Kier molecular flexibility index (Phi) is 7.15. The Bertz CT molecular complexity index is 186. The van der Waals surface area contributed by atoms with Crippen LogP contribution in [-0.2, 0) is 0 Å². The maximum Gasteiger partial charge on any atom is 0.314 e. The molecular weight excluding hydrogens is 214 g/mol. The second kappa shape index (κ2) is 7.22. The Morgan fingerprint density at radius 3 is 1.31 bits per heavy atom. The summed E-state index contributed by atoms with van der Waals surface area (Å²) in [5.74, 6) is 0. The van der Waals surface area contributed by atoms with Crippen LogP contribution in [0.2, 0.25) is 0 Å². The number of rotatable bonds is 8. The minimum absolute atomic E-state index is 1.09. The maximum atomic E-state index is 4.12. The van der Waals surface area contributed by atoms with Crippen LogP contribution in [-0.4, -0.2) is 62.5 Å². The van der Waals surface area contributed by atoms with E-state index in [1.807, 2.05) is 0 Å². The third kappa shape index (κ3) is 2.74. The summed E-state index contributed by atoms with van der Waals surface area (Å²) in [5, 5.41) is 0. The molecule has 0 bridgehead atoms. The van der Waals surface area contributed by atoms with Gasteiger partial charge in [-0.15, -0.1) is 6.58 Å². The number of hydrogen-bond donors (Lipinski definition) is 0. The molecule has 0 aromatic rings. The molecule has 0 saturated carbocycles. The molecule has 0 rings (SSSR count). The summed E-state index contributed by atoms with van der Waals surface area (Å²) < 4.78 is 7.54. The summed E-state index contributed by atoms with van der Waals surface area (Å²) in [6.07, 6.45) is 0. The molecular formula is C12H29N3Si. The van der Waals surface area contributed by atoms with Gasteiger partial charge in [-0.25, -0.2) is 0 Å². The standard InChI is InChI=1S/C12H29N3Si/c1-8-14(9-2)16(12-5,13(6)7)15(10-3)11-4/h12H,5,8-11H2,1-4,6-7H3. The number of hydrogen-bond acceptors (Lipinski definition) is 3. The molecule has 4 heteroatoms. The Morgan fingerprint density at radius 1 is 0.875 bits per heavy atom. The van der Waals surface area contributed by atoms with Crippen molar-refractivity contribution in [3.8, 4) is 0 Å². The highest BCUT2D eigenvalue weighted by Crippen LogP contribution is 2.19. The van der Waals surface area contributed by atoms with Crippen LogP contribution in [0.1, 0.15) is 27.7 Å². The van der Waals surface area contributed by atoms with Gasteiger partial charge >= 0.3 is 8.56 Å². The van der Waals surface area contributed by atoms with Gasteiger partial charge in [0.2, 0.25) is 0 Å². The molecule has 0 spiro atoms. The summed E-state index contributed by atoms with van der Waals surface area (Å²) in [6, 6.07) is 0. The lowest BCUT2D eigenvalue weighted by Gasteiger charge is -2.49. The van der Waals surface area contributed by atoms with Gasteiger partial charge < -0.3 is 4.57 Å². The monoisotopic (exact) mass is 243 g/mol. The van der Waals surface area contributed by atoms with Crippen molar-refractivity contribution < 1.29 is 0 Å². The summed E-state index contributed by atoms with van der Waals surface area (Å²) in [4.78, 5) is 0. The molecule has 0 amide bonds. The summed E-state index contributed by atoms with van der Waals surface area (Å²) in [6.45, 7) is 17.4. The SMILES string of the molecule is C=C[Si](N(C)C)(N(CC)CC)N(CC)CC. The summed E-state index contributed by atoms with van der Waals surface area (Å²) in [7, 11) is 2.53. The predicted molar refractivity (Wildman–Crippen MR) is 75.5 cm³/mol. The van der Waals surface area contributed by atoms with Crippen LogP contribution in [0.4, 0.5) is 0 Å². The maximum absolute atomic E-state index is 4.12. The van der Waals surface area contributed by atoms with Gasteiger partial charge in [0.05, 0.1) is 0 Å². The van der Waals surface area contributed by atoms with E-state index in [-0.39, 0.29) is 0 Å². The molecule has 0 fully saturated rings. The van der Waals surface area contributed by atoms with Crippen LogP contribution in [0, 0.1) is 0 Å². The average molecular weight is 243 g/mol. The molecule has 0 aromatic heterocycles. The van der Waals surface area contributed by atoms with Crippen LogP contribution < -0.4 is 0 Å². The van der Waals surface area contributed by atoms with Gasteiger partial charge in [-0.3, -0.25) is 9.13 Å². The molecule has 0 N–H and O–H groups in total. The largest absolute Gasteiger partial charge is 0.314 e. The van der Waals surface area contributed by atoms with Gasteiger partial charge in [-0.05, 0) is 40.3 Å². The molecule has 0 aliphatic rings. The van der Waals surface area contributed by atoms with Gasteiger partial charge in [-0.2, -0.15) is 0 Å². The first-order valence-electron chi connectivity index (χ1n) is 6.36. The Labute approximate surface area is 103 Å². The Hall–Kier alpha value is -0.163. The topological polar surface area (TPSA) is 9.72 Å². The second-order valence-electron chi connectivity index (χ2n) is 4.13. The Balaban J connectivity index is 5.35. The van der Waals surface area contributed by atoms with Crippen LogP contribution in [0.15, 0.2) is 12.3 Å². The lowest BCUT2D eigenvalue weighted by Crippen LogP contribution is -2.72. The molecule has 0 saturated heterocycles. The minimum Gasteiger partial charge on any atom is -0.302 e. The highest BCUT2D eigenvalue weighted by Gasteiger charge is 2.43. The van der Waals surface area contributed by atoms with Crippen molar-refractivity contribution in [1.82, 2.24) is 13.7 Å². The van der Waals surface area contributed by atoms with Crippen molar-refractivity contribution >= 4 is 8.56 Å². The molecule has 16 heavy (non-hydrogen) atoms. The normalized spacial score (nSPS) is 12.8. The van der Waals surface area contributed by atoms with Crippen LogP contribution >= 0.6 is 0 Å². The lowest BCUT2D eigenvalue weighted by atomic mass is 10.7. The van der Waals surface area contributed by atoms with E-state index in [0.29, 0.717) is 0 Å². The average Bonchev–Trinajstić information content (AvgIpc) is 2.29. The van der Waals surface area contributed by atoms with E-state index in [0.717, 1.165) is 26.2 Å². The van der Waals surface area contributed by atoms with E-state index in [2.05, 4.69) is 67.8 Å². The van der Waals surface area contributed by atoms with Crippen molar-refractivity contribution in [2.24, 2.45) is 0 Å². The molecule has 0 atom stereocenters. The lowest BCUT2D eigenvalue weighted by molar-refractivity contribution is 0.303. The van der Waals surface area contributed by atoms with Crippen molar-refractivity contribution in [3.63, 3.8) is 0 Å². The third-order valence-electron chi connectivity index (χ3n) is 3.39. The zero-order chi connectivity index (χ0) is 12.8. The first-order valence-corrected chi connectivity index (χ1v) is 8.27. The van der Waals surface area contributed by atoms with Crippen molar-refractivity contribution in [2.45, 2.75) is 27.7 Å². The molecule has 0 aliphatic heterocycles.